The second-order valence-corrected chi connectivity index (χ2v) is 6.80. The first kappa shape index (κ1) is 14.1. The summed E-state index contributed by atoms with van der Waals surface area (Å²) < 4.78 is 5.13. The Hall–Kier alpha value is -1.33. The normalized spacial score (nSPS) is 13.5. The Labute approximate surface area is 120 Å². The highest BCUT2D eigenvalue weighted by Gasteiger charge is 2.23. The molecule has 2 aromatic heterocycles. The van der Waals surface area contributed by atoms with Crippen LogP contribution in [0.3, 0.4) is 0 Å². The fourth-order valence-electron chi connectivity index (χ4n) is 1.61. The van der Waals surface area contributed by atoms with Crippen LogP contribution in [0.15, 0.2) is 28.7 Å². The molecule has 1 atom stereocenters. The summed E-state index contributed by atoms with van der Waals surface area (Å²) in [7, 11) is 0. The van der Waals surface area contributed by atoms with E-state index < -0.39 is 10.3 Å². The van der Waals surface area contributed by atoms with Crippen molar-refractivity contribution in [3.63, 3.8) is 0 Å². The maximum absolute atomic E-state index is 10.6. The van der Waals surface area contributed by atoms with Gasteiger partial charge in [0.25, 0.3) is 0 Å². The summed E-state index contributed by atoms with van der Waals surface area (Å²) in [4.78, 5) is 12.2. The summed E-state index contributed by atoms with van der Waals surface area (Å²) in [6.07, 6.45) is 0. The van der Waals surface area contributed by atoms with Crippen LogP contribution in [0.1, 0.15) is 41.7 Å². The summed E-state index contributed by atoms with van der Waals surface area (Å²) in [5.74, 6) is 0.115. The summed E-state index contributed by atoms with van der Waals surface area (Å²) in [5, 5.41) is 10.1. The second kappa shape index (κ2) is 4.98. The molecule has 2 aromatic rings. The van der Waals surface area contributed by atoms with Gasteiger partial charge in [0.1, 0.15) is 16.1 Å². The SMILES string of the molecule is CC(C)(C)c1ccc(C(Cl)c2ccc([N+](=O)[O-])o2)s1. The molecular formula is C13H14ClNO3S. The first-order valence-corrected chi connectivity index (χ1v) is 7.03. The lowest BCUT2D eigenvalue weighted by molar-refractivity contribution is -0.402. The second-order valence-electron chi connectivity index (χ2n) is 5.25. The maximum atomic E-state index is 10.6. The molecule has 6 heteroatoms. The highest BCUT2D eigenvalue weighted by Crippen LogP contribution is 2.38. The number of hydrogen-bond acceptors (Lipinski definition) is 4. The third-order valence-electron chi connectivity index (χ3n) is 2.66. The molecule has 2 heterocycles. The van der Waals surface area contributed by atoms with Crippen LogP contribution in [0.4, 0.5) is 5.88 Å². The van der Waals surface area contributed by atoms with E-state index in [9.17, 15) is 10.1 Å². The van der Waals surface area contributed by atoms with Gasteiger partial charge in [0.2, 0.25) is 0 Å². The van der Waals surface area contributed by atoms with Crippen molar-refractivity contribution < 1.29 is 9.34 Å². The van der Waals surface area contributed by atoms with Crippen LogP contribution in [0, 0.1) is 10.1 Å². The number of thiophene rings is 1. The lowest BCUT2D eigenvalue weighted by Gasteiger charge is -2.15. The van der Waals surface area contributed by atoms with Gasteiger partial charge in [-0.1, -0.05) is 20.8 Å². The van der Waals surface area contributed by atoms with Gasteiger partial charge in [-0.3, -0.25) is 10.1 Å². The lowest BCUT2D eigenvalue weighted by atomic mass is 9.95. The van der Waals surface area contributed by atoms with Crippen LogP contribution in [0.25, 0.3) is 0 Å². The molecule has 1 unspecified atom stereocenters. The van der Waals surface area contributed by atoms with Crippen molar-refractivity contribution in [2.24, 2.45) is 0 Å². The van der Waals surface area contributed by atoms with E-state index in [1.165, 1.54) is 10.9 Å². The van der Waals surface area contributed by atoms with E-state index in [-0.39, 0.29) is 11.3 Å². The summed E-state index contributed by atoms with van der Waals surface area (Å²) >= 11 is 7.91. The van der Waals surface area contributed by atoms with Crippen LogP contribution in [-0.4, -0.2) is 4.92 Å². The molecule has 0 saturated carbocycles. The standard InChI is InChI=1S/C13H14ClNO3S/c1-13(2,3)10-6-5-9(19-10)12(14)8-4-7-11(18-8)15(16)17/h4-7,12H,1-3H3. The molecule has 0 aliphatic rings. The molecule has 0 spiro atoms. The molecule has 0 aliphatic carbocycles. The van der Waals surface area contributed by atoms with Crippen LogP contribution in [-0.2, 0) is 5.41 Å². The van der Waals surface area contributed by atoms with Crippen LogP contribution >= 0.6 is 22.9 Å². The zero-order valence-electron chi connectivity index (χ0n) is 10.8. The molecule has 0 N–H and O–H groups in total. The molecule has 0 bridgehead atoms. The molecular weight excluding hydrogens is 286 g/mol. The molecule has 0 amide bonds. The van der Waals surface area contributed by atoms with Crippen molar-refractivity contribution in [2.75, 3.05) is 0 Å². The number of alkyl halides is 1. The van der Waals surface area contributed by atoms with E-state index >= 15 is 0 Å². The minimum atomic E-state index is -0.567. The van der Waals surface area contributed by atoms with Gasteiger partial charge in [0, 0.05) is 9.75 Å². The van der Waals surface area contributed by atoms with Crippen molar-refractivity contribution in [3.05, 3.63) is 49.9 Å². The Morgan fingerprint density at radius 2 is 2.00 bits per heavy atom. The van der Waals surface area contributed by atoms with Crippen LogP contribution < -0.4 is 0 Å². The Kier molecular flexibility index (Phi) is 3.69. The minimum absolute atomic E-state index is 0.0642. The fraction of sp³-hybridized carbons (Fsp3) is 0.385. The molecule has 0 saturated heterocycles. The van der Waals surface area contributed by atoms with Gasteiger partial charge in [-0.25, -0.2) is 0 Å². The molecule has 4 nitrogen and oxygen atoms in total. The van der Waals surface area contributed by atoms with E-state index in [4.69, 9.17) is 16.0 Å². The maximum Gasteiger partial charge on any atom is 0.433 e. The zero-order valence-corrected chi connectivity index (χ0v) is 12.4. The van der Waals surface area contributed by atoms with Crippen molar-refractivity contribution in [1.82, 2.24) is 0 Å². The van der Waals surface area contributed by atoms with Gasteiger partial charge in [0.05, 0.1) is 6.07 Å². The summed E-state index contributed by atoms with van der Waals surface area (Å²) in [5.41, 5.74) is 0.0642. The van der Waals surface area contributed by atoms with E-state index in [0.29, 0.717) is 5.76 Å². The molecule has 0 aliphatic heterocycles. The summed E-state index contributed by atoms with van der Waals surface area (Å²) in [6, 6.07) is 6.85. The van der Waals surface area contributed by atoms with Gasteiger partial charge >= 0.3 is 5.88 Å². The van der Waals surface area contributed by atoms with Gasteiger partial charge < -0.3 is 4.42 Å². The third kappa shape index (κ3) is 2.98. The molecule has 0 radical (unpaired) electrons. The lowest BCUT2D eigenvalue weighted by Crippen LogP contribution is -2.07. The summed E-state index contributed by atoms with van der Waals surface area (Å²) in [6.45, 7) is 6.39. The fourth-order valence-corrected chi connectivity index (χ4v) is 2.98. The highest BCUT2D eigenvalue weighted by molar-refractivity contribution is 7.12. The van der Waals surface area contributed by atoms with E-state index in [2.05, 4.69) is 20.8 Å². The zero-order chi connectivity index (χ0) is 14.2. The number of nitrogens with zero attached hydrogens (tertiary/aromatic N) is 1. The number of nitro groups is 1. The Balaban J connectivity index is 2.26. The number of hydrogen-bond donors (Lipinski definition) is 0. The largest absolute Gasteiger partial charge is 0.433 e. The molecule has 102 valence electrons. The van der Waals surface area contributed by atoms with Crippen molar-refractivity contribution in [3.8, 4) is 0 Å². The third-order valence-corrected chi connectivity index (χ3v) is 4.81. The quantitative estimate of drug-likeness (QED) is 0.461. The first-order chi connectivity index (χ1) is 8.79. The Bertz CT molecular complexity index is 597. The number of rotatable bonds is 3. The number of furan rings is 1. The van der Waals surface area contributed by atoms with Gasteiger partial charge in [-0.2, -0.15) is 0 Å². The van der Waals surface area contributed by atoms with E-state index in [1.54, 1.807) is 17.4 Å². The van der Waals surface area contributed by atoms with E-state index in [0.717, 1.165) is 4.88 Å². The molecule has 2 rings (SSSR count). The van der Waals surface area contributed by atoms with Crippen molar-refractivity contribution >= 4 is 28.8 Å². The molecule has 0 fully saturated rings. The van der Waals surface area contributed by atoms with Gasteiger partial charge in [-0.05, 0) is 23.6 Å². The smallest absolute Gasteiger partial charge is 0.404 e. The predicted molar refractivity (Wildman–Crippen MR) is 76.1 cm³/mol. The predicted octanol–water partition coefficient (Wildman–Crippen LogP) is 4.88. The molecule has 0 aromatic carbocycles. The highest BCUT2D eigenvalue weighted by atomic mass is 35.5. The van der Waals surface area contributed by atoms with Crippen molar-refractivity contribution in [2.45, 2.75) is 31.6 Å². The average molecular weight is 300 g/mol. The first-order valence-electron chi connectivity index (χ1n) is 5.77. The topological polar surface area (TPSA) is 56.3 Å². The Morgan fingerprint density at radius 3 is 2.47 bits per heavy atom. The average Bonchev–Trinajstić information content (AvgIpc) is 2.97. The number of halogens is 1. The van der Waals surface area contributed by atoms with Crippen LogP contribution in [0.5, 0.6) is 0 Å². The molecule has 19 heavy (non-hydrogen) atoms. The van der Waals surface area contributed by atoms with E-state index in [1.807, 2.05) is 12.1 Å². The minimum Gasteiger partial charge on any atom is -0.404 e. The van der Waals surface area contributed by atoms with Gasteiger partial charge in [-0.15, -0.1) is 22.9 Å². The van der Waals surface area contributed by atoms with Gasteiger partial charge in [0.15, 0.2) is 0 Å². The van der Waals surface area contributed by atoms with Crippen LogP contribution in [0.2, 0.25) is 0 Å². The Morgan fingerprint density at radius 1 is 1.32 bits per heavy atom. The van der Waals surface area contributed by atoms with Crippen molar-refractivity contribution in [1.29, 1.82) is 0 Å². The monoisotopic (exact) mass is 299 g/mol.